The van der Waals surface area contributed by atoms with Gasteiger partial charge in [-0.05, 0) is 37.0 Å². The number of piperazine rings is 1. The molecule has 0 aliphatic carbocycles. The summed E-state index contributed by atoms with van der Waals surface area (Å²) in [6.45, 7) is 3.80. The first-order chi connectivity index (χ1) is 15.9. The summed E-state index contributed by atoms with van der Waals surface area (Å²) in [7, 11) is 1.64. The summed E-state index contributed by atoms with van der Waals surface area (Å²) < 4.78 is 5.22. The van der Waals surface area contributed by atoms with Crippen molar-refractivity contribution in [3.63, 3.8) is 0 Å². The number of carbonyl (C=O) groups is 3. The topological polar surface area (TPSA) is 93.6 Å². The number of nitrogens with zero attached hydrogens (tertiary/aromatic N) is 4. The SMILES string of the molecule is COc1ccc(CN2CC3(C2)C(=O)N(CCCN2CCCC2=O)C(=O)C2CC(O)CN23)cc1. The Bertz CT molecular complexity index is 929. The van der Waals surface area contributed by atoms with Crippen molar-refractivity contribution in [2.24, 2.45) is 0 Å². The zero-order chi connectivity index (χ0) is 23.2. The van der Waals surface area contributed by atoms with E-state index in [-0.39, 0.29) is 17.7 Å². The molecule has 1 spiro atoms. The van der Waals surface area contributed by atoms with E-state index in [4.69, 9.17) is 4.74 Å². The second-order valence-electron chi connectivity index (χ2n) is 9.72. The first kappa shape index (κ1) is 22.3. The molecule has 4 heterocycles. The lowest BCUT2D eigenvalue weighted by Crippen LogP contribution is -2.81. The van der Waals surface area contributed by atoms with Gasteiger partial charge >= 0.3 is 0 Å². The smallest absolute Gasteiger partial charge is 0.252 e. The number of aliphatic hydroxyl groups excluding tert-OH is 1. The van der Waals surface area contributed by atoms with Gasteiger partial charge in [-0.15, -0.1) is 0 Å². The van der Waals surface area contributed by atoms with Crippen molar-refractivity contribution < 1.29 is 24.2 Å². The number of ether oxygens (including phenoxy) is 1. The molecule has 9 heteroatoms. The largest absolute Gasteiger partial charge is 0.497 e. The number of likely N-dealkylation sites (tertiary alicyclic amines) is 2. The first-order valence-electron chi connectivity index (χ1n) is 11.8. The van der Waals surface area contributed by atoms with Gasteiger partial charge in [0.2, 0.25) is 11.8 Å². The number of hydrogen-bond donors (Lipinski definition) is 1. The molecule has 3 amide bonds. The van der Waals surface area contributed by atoms with Crippen molar-refractivity contribution in [1.29, 1.82) is 0 Å². The molecule has 5 rings (SSSR count). The number of carbonyl (C=O) groups excluding carboxylic acids is 3. The number of fused-ring (bicyclic) bond motifs is 2. The molecule has 4 aliphatic rings. The molecule has 178 valence electrons. The van der Waals surface area contributed by atoms with Crippen molar-refractivity contribution in [3.8, 4) is 5.75 Å². The molecular formula is C24H32N4O5. The second-order valence-corrected chi connectivity index (χ2v) is 9.72. The van der Waals surface area contributed by atoms with Gasteiger partial charge in [0.15, 0.2) is 0 Å². The van der Waals surface area contributed by atoms with Gasteiger partial charge in [0.05, 0.1) is 19.3 Å². The highest BCUT2D eigenvalue weighted by molar-refractivity contribution is 6.06. The van der Waals surface area contributed by atoms with Gasteiger partial charge in [0.25, 0.3) is 5.91 Å². The Morgan fingerprint density at radius 2 is 1.88 bits per heavy atom. The van der Waals surface area contributed by atoms with E-state index in [1.54, 1.807) is 7.11 Å². The Morgan fingerprint density at radius 1 is 1.12 bits per heavy atom. The zero-order valence-corrected chi connectivity index (χ0v) is 19.1. The number of imide groups is 1. The van der Waals surface area contributed by atoms with Crippen LogP contribution in [0.3, 0.4) is 0 Å². The van der Waals surface area contributed by atoms with Crippen LogP contribution in [0.2, 0.25) is 0 Å². The van der Waals surface area contributed by atoms with Crippen LogP contribution >= 0.6 is 0 Å². The Labute approximate surface area is 193 Å². The maximum atomic E-state index is 13.6. The predicted octanol–water partition coefficient (Wildman–Crippen LogP) is 0.0661. The number of benzene rings is 1. The van der Waals surface area contributed by atoms with Crippen LogP contribution in [0.25, 0.3) is 0 Å². The summed E-state index contributed by atoms with van der Waals surface area (Å²) in [5, 5.41) is 10.3. The average molecular weight is 457 g/mol. The average Bonchev–Trinajstić information content (AvgIpc) is 3.38. The highest BCUT2D eigenvalue weighted by Gasteiger charge is 2.64. The summed E-state index contributed by atoms with van der Waals surface area (Å²) >= 11 is 0. The van der Waals surface area contributed by atoms with Crippen molar-refractivity contribution in [1.82, 2.24) is 19.6 Å². The third-order valence-electron chi connectivity index (χ3n) is 7.54. The van der Waals surface area contributed by atoms with E-state index in [9.17, 15) is 19.5 Å². The lowest BCUT2D eigenvalue weighted by Gasteiger charge is -2.58. The summed E-state index contributed by atoms with van der Waals surface area (Å²) in [5.41, 5.74) is 0.376. The van der Waals surface area contributed by atoms with Crippen LogP contribution in [-0.4, -0.2) is 106 Å². The van der Waals surface area contributed by atoms with Crippen LogP contribution in [0, 0.1) is 0 Å². The highest BCUT2D eigenvalue weighted by Crippen LogP contribution is 2.41. The van der Waals surface area contributed by atoms with E-state index in [0.717, 1.165) is 24.3 Å². The van der Waals surface area contributed by atoms with E-state index in [1.807, 2.05) is 34.1 Å². The zero-order valence-electron chi connectivity index (χ0n) is 19.1. The number of amides is 3. The Kier molecular flexibility index (Phi) is 5.88. The quantitative estimate of drug-likeness (QED) is 0.580. The minimum Gasteiger partial charge on any atom is -0.497 e. The maximum Gasteiger partial charge on any atom is 0.252 e. The Balaban J connectivity index is 1.27. The molecule has 2 unspecified atom stereocenters. The van der Waals surface area contributed by atoms with Crippen LogP contribution in [0.4, 0.5) is 0 Å². The Morgan fingerprint density at radius 3 is 2.55 bits per heavy atom. The van der Waals surface area contributed by atoms with Gasteiger partial charge in [-0.25, -0.2) is 0 Å². The second kappa shape index (κ2) is 8.70. The first-order valence-corrected chi connectivity index (χ1v) is 11.8. The normalized spacial score (nSPS) is 27.4. The molecule has 1 N–H and O–H groups in total. The highest BCUT2D eigenvalue weighted by atomic mass is 16.5. The maximum absolute atomic E-state index is 13.6. The number of rotatable bonds is 7. The van der Waals surface area contributed by atoms with Crippen LogP contribution in [0.15, 0.2) is 24.3 Å². The molecule has 0 bridgehead atoms. The van der Waals surface area contributed by atoms with Gasteiger partial charge in [0.1, 0.15) is 11.3 Å². The fraction of sp³-hybridized carbons (Fsp3) is 0.625. The van der Waals surface area contributed by atoms with Crippen molar-refractivity contribution in [2.45, 2.75) is 49.9 Å². The number of aliphatic hydroxyl groups is 1. The van der Waals surface area contributed by atoms with Crippen LogP contribution in [0.1, 0.15) is 31.2 Å². The monoisotopic (exact) mass is 456 g/mol. The van der Waals surface area contributed by atoms with E-state index in [2.05, 4.69) is 4.90 Å². The fourth-order valence-corrected chi connectivity index (χ4v) is 5.86. The fourth-order valence-electron chi connectivity index (χ4n) is 5.86. The van der Waals surface area contributed by atoms with E-state index in [1.165, 1.54) is 4.90 Å². The Hall–Kier alpha value is -2.49. The minimum absolute atomic E-state index is 0.154. The van der Waals surface area contributed by atoms with Crippen LogP contribution in [0.5, 0.6) is 5.75 Å². The molecule has 0 aromatic heterocycles. The minimum atomic E-state index is -0.758. The summed E-state index contributed by atoms with van der Waals surface area (Å²) in [6, 6.07) is 7.44. The molecule has 1 aromatic rings. The third-order valence-corrected chi connectivity index (χ3v) is 7.54. The predicted molar refractivity (Wildman–Crippen MR) is 119 cm³/mol. The van der Waals surface area contributed by atoms with Crippen LogP contribution in [-0.2, 0) is 20.9 Å². The van der Waals surface area contributed by atoms with Crippen molar-refractivity contribution in [2.75, 3.05) is 46.4 Å². The molecule has 0 saturated carbocycles. The summed E-state index contributed by atoms with van der Waals surface area (Å²) in [6.07, 6.45) is 1.82. The molecule has 4 aliphatic heterocycles. The molecule has 4 fully saturated rings. The van der Waals surface area contributed by atoms with Crippen molar-refractivity contribution in [3.05, 3.63) is 29.8 Å². The van der Waals surface area contributed by atoms with Crippen LogP contribution < -0.4 is 4.74 Å². The van der Waals surface area contributed by atoms with Gasteiger partial charge < -0.3 is 14.7 Å². The molecule has 33 heavy (non-hydrogen) atoms. The molecule has 2 atom stereocenters. The summed E-state index contributed by atoms with van der Waals surface area (Å²) in [5.74, 6) is 0.598. The molecule has 1 aromatic carbocycles. The van der Waals surface area contributed by atoms with E-state index < -0.39 is 17.7 Å². The number of hydrogen-bond acceptors (Lipinski definition) is 7. The van der Waals surface area contributed by atoms with Crippen molar-refractivity contribution >= 4 is 17.7 Å². The number of β-amino-alcohol motifs (C(OH)–C–C–N with tert-alkyl or cyclic N) is 1. The number of methoxy groups -OCH3 is 1. The lowest BCUT2D eigenvalue weighted by molar-refractivity contribution is -0.180. The third kappa shape index (κ3) is 3.92. The lowest BCUT2D eigenvalue weighted by atomic mass is 9.82. The molecular weight excluding hydrogens is 424 g/mol. The molecule has 0 radical (unpaired) electrons. The molecule has 9 nitrogen and oxygen atoms in total. The van der Waals surface area contributed by atoms with E-state index >= 15 is 0 Å². The summed E-state index contributed by atoms with van der Waals surface area (Å²) in [4.78, 5) is 46.0. The van der Waals surface area contributed by atoms with Gasteiger partial charge in [0, 0.05) is 52.2 Å². The molecule has 4 saturated heterocycles. The van der Waals surface area contributed by atoms with E-state index in [0.29, 0.717) is 58.5 Å². The van der Waals surface area contributed by atoms with Gasteiger partial charge in [-0.2, -0.15) is 0 Å². The van der Waals surface area contributed by atoms with Gasteiger partial charge in [-0.3, -0.25) is 29.1 Å². The van der Waals surface area contributed by atoms with Gasteiger partial charge in [-0.1, -0.05) is 12.1 Å². The standard InChI is InChI=1S/C24H32N4O5/c1-33-19-7-5-17(6-8-19)13-25-15-24(16-25)23(32)27(11-3-10-26-9-2-4-21(26)30)22(31)20-12-18(29)14-28(20)24/h5-8,18,20,29H,2-4,9-16H2,1H3.